The van der Waals surface area contributed by atoms with E-state index in [4.69, 9.17) is 4.74 Å². The summed E-state index contributed by atoms with van der Waals surface area (Å²) in [6, 6.07) is 1.93. The van der Waals surface area contributed by atoms with Crippen molar-refractivity contribution in [3.05, 3.63) is 55.7 Å². The lowest BCUT2D eigenvalue weighted by molar-refractivity contribution is 0.0665. The molecule has 1 unspecified atom stereocenters. The Labute approximate surface area is 132 Å². The number of carbonyl (C=O) groups excluding carboxylic acids is 1. The van der Waals surface area contributed by atoms with Gasteiger partial charge < -0.3 is 4.74 Å². The minimum atomic E-state index is -0.116. The Kier molecular flexibility index (Phi) is 5.13. The molecule has 0 radical (unpaired) electrons. The number of halogens is 1. The van der Waals surface area contributed by atoms with Crippen molar-refractivity contribution in [3.63, 3.8) is 0 Å². The van der Waals surface area contributed by atoms with Gasteiger partial charge in [-0.3, -0.25) is 4.79 Å². The van der Waals surface area contributed by atoms with Gasteiger partial charge in [0.25, 0.3) is 0 Å². The van der Waals surface area contributed by atoms with Crippen molar-refractivity contribution in [3.8, 4) is 0 Å². The van der Waals surface area contributed by atoms with Gasteiger partial charge >= 0.3 is 0 Å². The third-order valence-electron chi connectivity index (χ3n) is 3.34. The molecule has 20 heavy (non-hydrogen) atoms. The van der Waals surface area contributed by atoms with Gasteiger partial charge in [-0.25, -0.2) is 0 Å². The van der Waals surface area contributed by atoms with Gasteiger partial charge in [0.15, 0.2) is 6.29 Å². The minimum Gasteiger partial charge on any atom is -0.368 e. The van der Waals surface area contributed by atoms with Gasteiger partial charge in [-0.05, 0) is 49.1 Å². The van der Waals surface area contributed by atoms with E-state index in [1.165, 1.54) is 16.9 Å². The fourth-order valence-electron chi connectivity index (χ4n) is 2.43. The van der Waals surface area contributed by atoms with Crippen LogP contribution in [0.4, 0.5) is 0 Å². The fraction of sp³-hybridized carbons (Fsp3) is 0.312. The molecular weight excluding hydrogens is 336 g/mol. The number of carbonyl (C=O) groups is 1. The maximum absolute atomic E-state index is 11.0. The van der Waals surface area contributed by atoms with Crippen LogP contribution in [0.1, 0.15) is 39.6 Å². The molecule has 0 N–H and O–H groups in total. The van der Waals surface area contributed by atoms with Crippen molar-refractivity contribution in [2.75, 3.05) is 6.61 Å². The number of aldehydes is 1. The molecule has 1 atom stereocenters. The minimum absolute atomic E-state index is 0.116. The molecule has 1 saturated heterocycles. The van der Waals surface area contributed by atoms with Gasteiger partial charge in [0, 0.05) is 9.36 Å². The van der Waals surface area contributed by atoms with E-state index >= 15 is 0 Å². The van der Waals surface area contributed by atoms with Crippen LogP contribution in [-0.2, 0) is 4.74 Å². The zero-order valence-corrected chi connectivity index (χ0v) is 14.0. The third-order valence-corrected chi connectivity index (χ3v) is 4.56. The molecule has 4 heteroatoms. The van der Waals surface area contributed by atoms with Crippen LogP contribution in [0.2, 0.25) is 0 Å². The Hall–Kier alpha value is -0.970. The second-order valence-corrected chi connectivity index (χ2v) is 6.95. The Morgan fingerprint density at radius 2 is 2.35 bits per heavy atom. The first-order valence-corrected chi connectivity index (χ1v) is 8.06. The predicted molar refractivity (Wildman–Crippen MR) is 87.7 cm³/mol. The monoisotopic (exact) mass is 352 g/mol. The Bertz CT molecular complexity index is 596. The summed E-state index contributed by atoms with van der Waals surface area (Å²) in [6.07, 6.45) is 5.82. The van der Waals surface area contributed by atoms with E-state index < -0.39 is 0 Å². The quantitative estimate of drug-likeness (QED) is 0.706. The van der Waals surface area contributed by atoms with Gasteiger partial charge in [-0.15, -0.1) is 11.3 Å². The van der Waals surface area contributed by atoms with Gasteiger partial charge in [0.05, 0.1) is 11.5 Å². The van der Waals surface area contributed by atoms with E-state index in [-0.39, 0.29) is 6.10 Å². The van der Waals surface area contributed by atoms with Crippen LogP contribution in [0.3, 0.4) is 0 Å². The second kappa shape index (κ2) is 6.66. The van der Waals surface area contributed by atoms with E-state index in [1.54, 1.807) is 0 Å². The number of ether oxygens (including phenoxy) is 1. The van der Waals surface area contributed by atoms with Crippen LogP contribution in [0.15, 0.2) is 40.4 Å². The largest absolute Gasteiger partial charge is 0.368 e. The third kappa shape index (κ3) is 3.19. The lowest BCUT2D eigenvalue weighted by Gasteiger charge is -2.28. The molecule has 1 aromatic rings. The van der Waals surface area contributed by atoms with Crippen molar-refractivity contribution < 1.29 is 9.53 Å². The van der Waals surface area contributed by atoms with Crippen LogP contribution < -0.4 is 0 Å². The number of aryl methyl sites for hydroxylation is 1. The van der Waals surface area contributed by atoms with Crippen LogP contribution in [0.25, 0.3) is 0 Å². The summed E-state index contributed by atoms with van der Waals surface area (Å²) in [6.45, 7) is 8.66. The molecule has 2 rings (SSSR count). The van der Waals surface area contributed by atoms with Crippen molar-refractivity contribution in [2.24, 2.45) is 0 Å². The van der Waals surface area contributed by atoms with Crippen molar-refractivity contribution >= 4 is 33.6 Å². The summed E-state index contributed by atoms with van der Waals surface area (Å²) >= 11 is 4.91. The molecule has 106 valence electrons. The highest BCUT2D eigenvalue weighted by Crippen LogP contribution is 2.40. The first-order chi connectivity index (χ1) is 9.56. The van der Waals surface area contributed by atoms with E-state index in [1.807, 2.05) is 26.0 Å². The van der Waals surface area contributed by atoms with Crippen molar-refractivity contribution in [2.45, 2.75) is 26.4 Å². The van der Waals surface area contributed by atoms with Crippen LogP contribution in [0, 0.1) is 6.92 Å². The molecule has 0 amide bonds. The molecule has 1 fully saturated rings. The molecule has 1 aliphatic rings. The maximum atomic E-state index is 11.0. The topological polar surface area (TPSA) is 26.3 Å². The number of hydrogen-bond acceptors (Lipinski definition) is 3. The summed E-state index contributed by atoms with van der Waals surface area (Å²) in [7, 11) is 0. The van der Waals surface area contributed by atoms with E-state index in [0.29, 0.717) is 6.61 Å². The number of allylic oxidation sites excluding steroid dienone is 3. The molecule has 0 aliphatic carbocycles. The molecule has 0 aromatic carbocycles. The molecule has 0 spiro atoms. The van der Waals surface area contributed by atoms with E-state index in [9.17, 15) is 4.79 Å². The normalized spacial score (nSPS) is 23.2. The van der Waals surface area contributed by atoms with Crippen LogP contribution in [-0.4, -0.2) is 12.9 Å². The zero-order chi connectivity index (χ0) is 14.7. The molecule has 2 heterocycles. The molecule has 1 aliphatic heterocycles. The lowest BCUT2D eigenvalue weighted by Crippen LogP contribution is -2.17. The molecule has 0 bridgehead atoms. The summed E-state index contributed by atoms with van der Waals surface area (Å²) in [5.41, 5.74) is 3.48. The number of thiophene rings is 1. The van der Waals surface area contributed by atoms with Gasteiger partial charge in [0.1, 0.15) is 6.10 Å². The maximum Gasteiger partial charge on any atom is 0.160 e. The van der Waals surface area contributed by atoms with Gasteiger partial charge in [-0.2, -0.15) is 0 Å². The highest BCUT2D eigenvalue weighted by atomic mass is 79.9. The Balaban J connectivity index is 2.48. The highest BCUT2D eigenvalue weighted by molar-refractivity contribution is 9.11. The summed E-state index contributed by atoms with van der Waals surface area (Å²) < 4.78 is 6.79. The Morgan fingerprint density at radius 3 is 2.90 bits per heavy atom. The Morgan fingerprint density at radius 1 is 1.60 bits per heavy atom. The second-order valence-electron chi connectivity index (χ2n) is 4.64. The average molecular weight is 353 g/mol. The smallest absolute Gasteiger partial charge is 0.160 e. The summed E-state index contributed by atoms with van der Waals surface area (Å²) in [5.74, 6) is 0. The summed E-state index contributed by atoms with van der Waals surface area (Å²) in [4.78, 5) is 12.8. The summed E-state index contributed by atoms with van der Waals surface area (Å²) in [5, 5.41) is 0. The molecule has 0 saturated carbocycles. The SMILES string of the molecule is C=C(Br)/C=C1\C(=C/C)CCOC1c1cc(C=O)sc1C. The van der Waals surface area contributed by atoms with Crippen molar-refractivity contribution in [1.82, 2.24) is 0 Å². The lowest BCUT2D eigenvalue weighted by atomic mass is 9.90. The molecule has 1 aromatic heterocycles. The standard InChI is InChI=1S/C16H17BrO2S/c1-4-12-5-6-19-16(15(12)7-10(2)17)14-8-13(9-18)20-11(14)3/h4,7-9,16H,2,5-6H2,1,3H3/b12-4-,15-7+. The first kappa shape index (κ1) is 15.4. The van der Waals surface area contributed by atoms with Crippen molar-refractivity contribution in [1.29, 1.82) is 0 Å². The highest BCUT2D eigenvalue weighted by Gasteiger charge is 2.27. The average Bonchev–Trinajstić information content (AvgIpc) is 2.79. The predicted octanol–water partition coefficient (Wildman–Crippen LogP) is 5.11. The van der Waals surface area contributed by atoms with E-state index in [2.05, 4.69) is 28.6 Å². The fourth-order valence-corrected chi connectivity index (χ4v) is 3.55. The van der Waals surface area contributed by atoms with Crippen LogP contribution >= 0.6 is 27.3 Å². The number of hydrogen-bond donors (Lipinski definition) is 0. The van der Waals surface area contributed by atoms with Gasteiger partial charge in [-0.1, -0.05) is 28.6 Å². The molecule has 2 nitrogen and oxygen atoms in total. The first-order valence-electron chi connectivity index (χ1n) is 6.45. The van der Waals surface area contributed by atoms with Crippen LogP contribution in [0.5, 0.6) is 0 Å². The molecular formula is C16H17BrO2S. The van der Waals surface area contributed by atoms with Gasteiger partial charge in [0.2, 0.25) is 0 Å². The number of rotatable bonds is 3. The van der Waals surface area contributed by atoms with E-state index in [0.717, 1.165) is 38.1 Å². The zero-order valence-electron chi connectivity index (χ0n) is 11.6.